The van der Waals surface area contributed by atoms with Crippen LogP contribution in [0.3, 0.4) is 0 Å². The second-order valence-corrected chi connectivity index (χ2v) is 5.78. The number of nitrogens with zero attached hydrogens (tertiary/aromatic N) is 2. The van der Waals surface area contributed by atoms with Crippen molar-refractivity contribution in [2.24, 2.45) is 4.99 Å². The number of aliphatic imine (C=N–C) groups is 1. The third-order valence-electron chi connectivity index (χ3n) is 3.81. The first kappa shape index (κ1) is 22.4. The van der Waals surface area contributed by atoms with Crippen molar-refractivity contribution in [3.8, 4) is 0 Å². The highest BCUT2D eigenvalue weighted by molar-refractivity contribution is 14.0. The Balaban J connectivity index is 0.00000338. The molecule has 26 heavy (non-hydrogen) atoms. The summed E-state index contributed by atoms with van der Waals surface area (Å²) < 4.78 is 10.8. The molecule has 0 bridgehead atoms. The molecular formula is C19H29IN4O2. The minimum absolute atomic E-state index is 0. The van der Waals surface area contributed by atoms with Crippen molar-refractivity contribution >= 4 is 29.9 Å². The van der Waals surface area contributed by atoms with E-state index < -0.39 is 0 Å². The zero-order valence-electron chi connectivity index (χ0n) is 15.7. The van der Waals surface area contributed by atoms with E-state index in [9.17, 15) is 0 Å². The first-order valence-electron chi connectivity index (χ1n) is 8.76. The Morgan fingerprint density at radius 2 is 1.96 bits per heavy atom. The van der Waals surface area contributed by atoms with E-state index in [0.29, 0.717) is 19.8 Å². The molecule has 0 aliphatic carbocycles. The van der Waals surface area contributed by atoms with Crippen LogP contribution in [0.1, 0.15) is 29.5 Å². The van der Waals surface area contributed by atoms with E-state index in [2.05, 4.69) is 39.8 Å². The molecule has 1 heterocycles. The second kappa shape index (κ2) is 12.7. The van der Waals surface area contributed by atoms with Crippen LogP contribution in [-0.2, 0) is 17.8 Å². The fourth-order valence-corrected chi connectivity index (χ4v) is 2.49. The molecule has 0 saturated heterocycles. The maximum Gasteiger partial charge on any atom is 0.191 e. The van der Waals surface area contributed by atoms with Crippen LogP contribution >= 0.6 is 24.0 Å². The van der Waals surface area contributed by atoms with Gasteiger partial charge in [0.25, 0.3) is 0 Å². The van der Waals surface area contributed by atoms with Crippen molar-refractivity contribution in [3.05, 3.63) is 52.9 Å². The highest BCUT2D eigenvalue weighted by atomic mass is 127. The van der Waals surface area contributed by atoms with Gasteiger partial charge in [-0.15, -0.1) is 24.0 Å². The number of hydrogen-bond donors (Lipinski definition) is 2. The summed E-state index contributed by atoms with van der Waals surface area (Å²) in [4.78, 5) is 4.54. The van der Waals surface area contributed by atoms with Gasteiger partial charge >= 0.3 is 0 Å². The third kappa shape index (κ3) is 7.74. The monoisotopic (exact) mass is 472 g/mol. The van der Waals surface area contributed by atoms with Gasteiger partial charge < -0.3 is 19.9 Å². The van der Waals surface area contributed by atoms with Gasteiger partial charge in [0.05, 0.1) is 25.5 Å². The topological polar surface area (TPSA) is 71.7 Å². The lowest BCUT2D eigenvalue weighted by Crippen LogP contribution is -2.38. The fraction of sp³-hybridized carbons (Fsp3) is 0.474. The van der Waals surface area contributed by atoms with Crippen LogP contribution in [0.15, 0.2) is 39.8 Å². The Morgan fingerprint density at radius 1 is 1.19 bits per heavy atom. The zero-order valence-corrected chi connectivity index (χ0v) is 18.1. The van der Waals surface area contributed by atoms with E-state index in [1.807, 2.05) is 32.0 Å². The Hall–Kier alpha value is -1.61. The van der Waals surface area contributed by atoms with Gasteiger partial charge in [-0.2, -0.15) is 0 Å². The molecular weight excluding hydrogens is 443 g/mol. The molecule has 1 aromatic heterocycles. The number of guanidine groups is 1. The van der Waals surface area contributed by atoms with E-state index in [-0.39, 0.29) is 24.0 Å². The van der Waals surface area contributed by atoms with Gasteiger partial charge in [-0.1, -0.05) is 35.5 Å². The van der Waals surface area contributed by atoms with Crippen LogP contribution < -0.4 is 10.6 Å². The largest absolute Gasteiger partial charge is 0.375 e. The molecule has 0 aliphatic heterocycles. The predicted molar refractivity (Wildman–Crippen MR) is 115 cm³/mol. The molecule has 0 atom stereocenters. The number of nitrogens with one attached hydrogen (secondary N) is 2. The number of rotatable bonds is 9. The van der Waals surface area contributed by atoms with Gasteiger partial charge in [0, 0.05) is 18.7 Å². The van der Waals surface area contributed by atoms with Crippen molar-refractivity contribution in [1.29, 1.82) is 0 Å². The van der Waals surface area contributed by atoms with Crippen molar-refractivity contribution in [2.45, 2.75) is 33.8 Å². The quantitative estimate of drug-likeness (QED) is 0.254. The minimum Gasteiger partial charge on any atom is -0.375 e. The van der Waals surface area contributed by atoms with Crippen LogP contribution in [0.5, 0.6) is 0 Å². The Kier molecular flexibility index (Phi) is 11.0. The first-order chi connectivity index (χ1) is 12.2. The first-order valence-corrected chi connectivity index (χ1v) is 8.76. The van der Waals surface area contributed by atoms with E-state index in [1.165, 1.54) is 5.56 Å². The Labute approximate surface area is 172 Å². The summed E-state index contributed by atoms with van der Waals surface area (Å²) in [5.74, 6) is 1.69. The minimum atomic E-state index is 0. The van der Waals surface area contributed by atoms with Crippen molar-refractivity contribution in [1.82, 2.24) is 15.8 Å². The molecule has 0 saturated carbocycles. The van der Waals surface area contributed by atoms with Crippen LogP contribution in [0.4, 0.5) is 0 Å². The maximum absolute atomic E-state index is 5.66. The third-order valence-corrected chi connectivity index (χ3v) is 3.81. The predicted octanol–water partition coefficient (Wildman–Crippen LogP) is 3.22. The van der Waals surface area contributed by atoms with E-state index in [1.54, 1.807) is 0 Å². The molecule has 144 valence electrons. The van der Waals surface area contributed by atoms with Crippen LogP contribution in [-0.4, -0.2) is 37.4 Å². The smallest absolute Gasteiger partial charge is 0.191 e. The van der Waals surface area contributed by atoms with Gasteiger partial charge in [-0.05, 0) is 32.8 Å². The molecule has 0 radical (unpaired) electrons. The van der Waals surface area contributed by atoms with Gasteiger partial charge in [0.15, 0.2) is 5.96 Å². The molecule has 2 aromatic rings. The number of halogens is 1. The zero-order chi connectivity index (χ0) is 17.9. The van der Waals surface area contributed by atoms with Gasteiger partial charge in [0.1, 0.15) is 5.76 Å². The van der Waals surface area contributed by atoms with Gasteiger partial charge in [-0.3, -0.25) is 4.99 Å². The van der Waals surface area contributed by atoms with E-state index in [0.717, 1.165) is 42.5 Å². The summed E-state index contributed by atoms with van der Waals surface area (Å²) in [5.41, 5.74) is 3.29. The molecule has 7 heteroatoms. The Bertz CT molecular complexity index is 639. The SMILES string of the molecule is CCNC(=NCCOCc1ccccc1)NCCc1c(C)noc1C.I. The number of aryl methyl sites for hydroxylation is 2. The highest BCUT2D eigenvalue weighted by Crippen LogP contribution is 2.11. The summed E-state index contributed by atoms with van der Waals surface area (Å²) >= 11 is 0. The molecule has 0 amide bonds. The highest BCUT2D eigenvalue weighted by Gasteiger charge is 2.08. The summed E-state index contributed by atoms with van der Waals surface area (Å²) in [6.45, 7) is 9.39. The molecule has 0 unspecified atom stereocenters. The molecule has 2 rings (SSSR count). The maximum atomic E-state index is 5.66. The summed E-state index contributed by atoms with van der Waals surface area (Å²) in [6, 6.07) is 10.2. The van der Waals surface area contributed by atoms with Gasteiger partial charge in [0.2, 0.25) is 0 Å². The lowest BCUT2D eigenvalue weighted by atomic mass is 10.1. The Morgan fingerprint density at radius 3 is 2.62 bits per heavy atom. The van der Waals surface area contributed by atoms with Crippen LogP contribution in [0.2, 0.25) is 0 Å². The van der Waals surface area contributed by atoms with E-state index in [4.69, 9.17) is 9.26 Å². The summed E-state index contributed by atoms with van der Waals surface area (Å²) in [5, 5.41) is 10.6. The van der Waals surface area contributed by atoms with E-state index >= 15 is 0 Å². The molecule has 0 fully saturated rings. The normalized spacial score (nSPS) is 11.1. The van der Waals surface area contributed by atoms with Crippen LogP contribution in [0, 0.1) is 13.8 Å². The molecule has 1 aromatic carbocycles. The number of ether oxygens (including phenoxy) is 1. The molecule has 0 spiro atoms. The average molecular weight is 472 g/mol. The second-order valence-electron chi connectivity index (χ2n) is 5.78. The van der Waals surface area contributed by atoms with Crippen LogP contribution in [0.25, 0.3) is 0 Å². The molecule has 0 aliphatic rings. The van der Waals surface area contributed by atoms with Crippen molar-refractivity contribution in [2.75, 3.05) is 26.2 Å². The van der Waals surface area contributed by atoms with Crippen molar-refractivity contribution in [3.63, 3.8) is 0 Å². The van der Waals surface area contributed by atoms with Crippen molar-refractivity contribution < 1.29 is 9.26 Å². The number of benzene rings is 1. The van der Waals surface area contributed by atoms with Gasteiger partial charge in [-0.25, -0.2) is 0 Å². The molecule has 6 nitrogen and oxygen atoms in total. The lowest BCUT2D eigenvalue weighted by molar-refractivity contribution is 0.128. The average Bonchev–Trinajstić information content (AvgIpc) is 2.94. The summed E-state index contributed by atoms with van der Waals surface area (Å²) in [7, 11) is 0. The number of hydrogen-bond acceptors (Lipinski definition) is 4. The fourth-order valence-electron chi connectivity index (χ4n) is 2.49. The molecule has 2 N–H and O–H groups in total. The standard InChI is InChI=1S/C19H28N4O2.HI/c1-4-20-19(21-11-10-18-15(2)23-25-16(18)3)22-12-13-24-14-17-8-6-5-7-9-17;/h5-9H,4,10-14H2,1-3H3,(H2,20,21,22);1H. The summed E-state index contributed by atoms with van der Waals surface area (Å²) in [6.07, 6.45) is 0.857. The lowest BCUT2D eigenvalue weighted by Gasteiger charge is -2.11. The number of aromatic nitrogens is 1.